The Bertz CT molecular complexity index is 304. The number of nitrogens with two attached hydrogens (primary N) is 1. The van der Waals surface area contributed by atoms with E-state index < -0.39 is 6.10 Å². The smallest absolute Gasteiger partial charge is 0.0705 e. The fourth-order valence-corrected chi connectivity index (χ4v) is 2.26. The molecular formula is C9H11ClINO. The van der Waals surface area contributed by atoms with Crippen LogP contribution in [0.2, 0.25) is 5.02 Å². The van der Waals surface area contributed by atoms with Crippen LogP contribution >= 0.6 is 34.2 Å². The summed E-state index contributed by atoms with van der Waals surface area (Å²) in [7, 11) is 0. The van der Waals surface area contributed by atoms with Gasteiger partial charge in [0.15, 0.2) is 0 Å². The van der Waals surface area contributed by atoms with Gasteiger partial charge in [-0.2, -0.15) is 0 Å². The molecule has 0 aliphatic rings. The number of hydrogen-bond donors (Lipinski definition) is 2. The molecule has 3 N–H and O–H groups in total. The van der Waals surface area contributed by atoms with Crippen LogP contribution < -0.4 is 5.73 Å². The first-order valence-electron chi connectivity index (χ1n) is 3.91. The second-order valence-corrected chi connectivity index (χ2v) is 4.53. The number of rotatable bonds is 2. The van der Waals surface area contributed by atoms with Crippen molar-refractivity contribution in [3.63, 3.8) is 0 Å². The molecule has 2 atom stereocenters. The Labute approximate surface area is 96.2 Å². The van der Waals surface area contributed by atoms with Gasteiger partial charge in [0.2, 0.25) is 0 Å². The number of aliphatic hydroxyl groups is 1. The van der Waals surface area contributed by atoms with Crippen molar-refractivity contribution in [1.82, 2.24) is 0 Å². The second-order valence-electron chi connectivity index (χ2n) is 2.93. The van der Waals surface area contributed by atoms with Crippen molar-refractivity contribution in [2.45, 2.75) is 19.1 Å². The fourth-order valence-electron chi connectivity index (χ4n) is 1.03. The highest BCUT2D eigenvalue weighted by molar-refractivity contribution is 14.1. The maximum Gasteiger partial charge on any atom is 0.0705 e. The van der Waals surface area contributed by atoms with Gasteiger partial charge in [0.25, 0.3) is 0 Å². The highest BCUT2D eigenvalue weighted by Crippen LogP contribution is 2.23. The monoisotopic (exact) mass is 311 g/mol. The van der Waals surface area contributed by atoms with Crippen molar-refractivity contribution in [2.75, 3.05) is 0 Å². The third kappa shape index (κ3) is 2.80. The third-order valence-corrected chi connectivity index (χ3v) is 3.01. The third-order valence-electron chi connectivity index (χ3n) is 1.84. The number of benzene rings is 1. The van der Waals surface area contributed by atoms with Crippen LogP contribution in [0.25, 0.3) is 0 Å². The Morgan fingerprint density at radius 2 is 2.15 bits per heavy atom. The Balaban J connectivity index is 3.01. The van der Waals surface area contributed by atoms with Crippen LogP contribution in [0.3, 0.4) is 0 Å². The molecule has 0 amide bonds. The van der Waals surface area contributed by atoms with Crippen molar-refractivity contribution in [3.8, 4) is 0 Å². The van der Waals surface area contributed by atoms with Gasteiger partial charge in [0, 0.05) is 8.59 Å². The molecule has 0 saturated heterocycles. The Morgan fingerprint density at radius 3 is 2.62 bits per heavy atom. The molecule has 0 unspecified atom stereocenters. The quantitative estimate of drug-likeness (QED) is 0.824. The highest BCUT2D eigenvalue weighted by atomic mass is 127. The van der Waals surface area contributed by atoms with E-state index in [4.69, 9.17) is 17.3 Å². The van der Waals surface area contributed by atoms with Crippen LogP contribution in [0.4, 0.5) is 0 Å². The summed E-state index contributed by atoms with van der Waals surface area (Å²) in [6.45, 7) is 1.68. The molecule has 2 nitrogen and oxygen atoms in total. The maximum atomic E-state index is 9.31. The highest BCUT2D eigenvalue weighted by Gasteiger charge is 2.14. The molecule has 0 aromatic heterocycles. The van der Waals surface area contributed by atoms with Gasteiger partial charge in [-0.1, -0.05) is 17.7 Å². The molecule has 0 radical (unpaired) electrons. The van der Waals surface area contributed by atoms with Crippen molar-refractivity contribution >= 4 is 34.2 Å². The van der Waals surface area contributed by atoms with Gasteiger partial charge < -0.3 is 10.8 Å². The molecule has 13 heavy (non-hydrogen) atoms. The largest absolute Gasteiger partial charge is 0.391 e. The summed E-state index contributed by atoms with van der Waals surface area (Å²) >= 11 is 7.95. The van der Waals surface area contributed by atoms with Gasteiger partial charge in [-0.25, -0.2) is 0 Å². The summed E-state index contributed by atoms with van der Waals surface area (Å²) in [4.78, 5) is 0. The van der Waals surface area contributed by atoms with Crippen LogP contribution in [-0.4, -0.2) is 11.2 Å². The lowest BCUT2D eigenvalue weighted by molar-refractivity contribution is 0.164. The summed E-state index contributed by atoms with van der Waals surface area (Å²) in [5.74, 6) is 0. The van der Waals surface area contributed by atoms with E-state index in [9.17, 15) is 5.11 Å². The predicted octanol–water partition coefficient (Wildman–Crippen LogP) is 2.33. The minimum atomic E-state index is -0.547. The number of aliphatic hydroxyl groups excluding tert-OH is 1. The van der Waals surface area contributed by atoms with Crippen molar-refractivity contribution in [1.29, 1.82) is 0 Å². The maximum absolute atomic E-state index is 9.31. The van der Waals surface area contributed by atoms with E-state index >= 15 is 0 Å². The lowest BCUT2D eigenvalue weighted by Gasteiger charge is -2.16. The topological polar surface area (TPSA) is 46.2 Å². The SMILES string of the molecule is C[C@H](O)[C@@H](N)c1ccc(Cl)cc1I. The van der Waals surface area contributed by atoms with E-state index in [0.717, 1.165) is 9.13 Å². The first kappa shape index (κ1) is 11.2. The van der Waals surface area contributed by atoms with Crippen molar-refractivity contribution in [3.05, 3.63) is 32.4 Å². The molecule has 0 aliphatic carbocycles. The molecule has 1 aromatic rings. The average Bonchev–Trinajstić information content (AvgIpc) is 2.03. The summed E-state index contributed by atoms with van der Waals surface area (Å²) in [5, 5.41) is 9.99. The standard InChI is InChI=1S/C9H11ClINO/c1-5(13)9(12)7-3-2-6(10)4-8(7)11/h2-5,9,13H,12H2,1H3/t5-,9+/m0/s1. The molecule has 4 heteroatoms. The second kappa shape index (κ2) is 4.59. The van der Waals surface area contributed by atoms with Gasteiger partial charge in [-0.05, 0) is 47.2 Å². The molecule has 1 rings (SSSR count). The molecule has 1 aromatic carbocycles. The predicted molar refractivity (Wildman–Crippen MR) is 62.8 cm³/mol. The number of hydrogen-bond acceptors (Lipinski definition) is 2. The average molecular weight is 312 g/mol. The summed E-state index contributed by atoms with van der Waals surface area (Å²) < 4.78 is 0.985. The van der Waals surface area contributed by atoms with Gasteiger partial charge in [0.05, 0.1) is 12.1 Å². The van der Waals surface area contributed by atoms with Gasteiger partial charge in [-0.15, -0.1) is 0 Å². The molecular weight excluding hydrogens is 300 g/mol. The Morgan fingerprint density at radius 1 is 1.54 bits per heavy atom. The van der Waals surface area contributed by atoms with E-state index in [0.29, 0.717) is 5.02 Å². The molecule has 0 saturated carbocycles. The Kier molecular flexibility index (Phi) is 3.97. The minimum absolute atomic E-state index is 0.343. The molecule has 72 valence electrons. The molecule has 0 fully saturated rings. The summed E-state index contributed by atoms with van der Waals surface area (Å²) in [5.41, 5.74) is 6.72. The van der Waals surface area contributed by atoms with Gasteiger partial charge in [-0.3, -0.25) is 0 Å². The van der Waals surface area contributed by atoms with Gasteiger partial charge in [0.1, 0.15) is 0 Å². The zero-order valence-corrected chi connectivity index (χ0v) is 10.1. The van der Waals surface area contributed by atoms with E-state index in [2.05, 4.69) is 22.6 Å². The van der Waals surface area contributed by atoms with E-state index in [1.165, 1.54) is 0 Å². The molecule has 0 aliphatic heterocycles. The zero-order valence-electron chi connectivity index (χ0n) is 7.17. The Hall–Kier alpha value is 0.160. The lowest BCUT2D eigenvalue weighted by Crippen LogP contribution is -2.23. The van der Waals surface area contributed by atoms with Crippen LogP contribution in [0.1, 0.15) is 18.5 Å². The minimum Gasteiger partial charge on any atom is -0.391 e. The molecule has 0 heterocycles. The molecule has 0 bridgehead atoms. The first-order chi connectivity index (χ1) is 6.02. The van der Waals surface area contributed by atoms with Crippen molar-refractivity contribution in [2.24, 2.45) is 5.73 Å². The van der Waals surface area contributed by atoms with Crippen LogP contribution in [0.15, 0.2) is 18.2 Å². The van der Waals surface area contributed by atoms with Crippen LogP contribution in [0.5, 0.6) is 0 Å². The number of halogens is 2. The zero-order chi connectivity index (χ0) is 10.0. The summed E-state index contributed by atoms with van der Waals surface area (Å²) in [6, 6.07) is 5.12. The van der Waals surface area contributed by atoms with E-state index in [1.807, 2.05) is 12.1 Å². The van der Waals surface area contributed by atoms with Crippen LogP contribution in [0, 0.1) is 3.57 Å². The normalized spacial score (nSPS) is 15.5. The molecule has 0 spiro atoms. The van der Waals surface area contributed by atoms with E-state index in [-0.39, 0.29) is 6.04 Å². The summed E-state index contributed by atoms with van der Waals surface area (Å²) in [6.07, 6.45) is -0.547. The first-order valence-corrected chi connectivity index (χ1v) is 5.36. The lowest BCUT2D eigenvalue weighted by atomic mass is 10.0. The van der Waals surface area contributed by atoms with Gasteiger partial charge >= 0.3 is 0 Å². The van der Waals surface area contributed by atoms with Crippen LogP contribution in [-0.2, 0) is 0 Å². The van der Waals surface area contributed by atoms with E-state index in [1.54, 1.807) is 13.0 Å². The fraction of sp³-hybridized carbons (Fsp3) is 0.333. The van der Waals surface area contributed by atoms with Crippen molar-refractivity contribution < 1.29 is 5.11 Å².